The SMILES string of the molecule is COC1(OC)C(=O)C=CC=CC1=O. The first-order valence-corrected chi connectivity index (χ1v) is 3.71. The predicted octanol–water partition coefficient (Wildman–Crippen LogP) is 0.240. The molecule has 4 nitrogen and oxygen atoms in total. The Balaban J connectivity index is 3.15. The predicted molar refractivity (Wildman–Crippen MR) is 45.0 cm³/mol. The van der Waals surface area contributed by atoms with E-state index >= 15 is 0 Å². The topological polar surface area (TPSA) is 52.6 Å². The number of carbonyl (C=O) groups is 2. The van der Waals surface area contributed by atoms with Crippen LogP contribution in [0.15, 0.2) is 24.3 Å². The van der Waals surface area contributed by atoms with Gasteiger partial charge in [0, 0.05) is 14.2 Å². The van der Waals surface area contributed by atoms with Crippen molar-refractivity contribution in [3.63, 3.8) is 0 Å². The molecule has 1 aliphatic carbocycles. The third-order valence-electron chi connectivity index (χ3n) is 1.83. The van der Waals surface area contributed by atoms with Crippen LogP contribution in [0.1, 0.15) is 0 Å². The lowest BCUT2D eigenvalue weighted by Gasteiger charge is -2.24. The maximum atomic E-state index is 11.4. The first kappa shape index (κ1) is 9.83. The molecule has 0 spiro atoms. The van der Waals surface area contributed by atoms with E-state index in [1.807, 2.05) is 0 Å². The molecule has 0 aliphatic heterocycles. The summed E-state index contributed by atoms with van der Waals surface area (Å²) in [6, 6.07) is 0. The summed E-state index contributed by atoms with van der Waals surface area (Å²) in [5.74, 6) is -2.80. The summed E-state index contributed by atoms with van der Waals surface area (Å²) in [4.78, 5) is 22.8. The maximum Gasteiger partial charge on any atom is 0.298 e. The van der Waals surface area contributed by atoms with Gasteiger partial charge in [0.1, 0.15) is 0 Å². The fraction of sp³-hybridized carbons (Fsp3) is 0.333. The van der Waals surface area contributed by atoms with E-state index < -0.39 is 17.4 Å². The van der Waals surface area contributed by atoms with Gasteiger partial charge in [-0.2, -0.15) is 0 Å². The molecule has 70 valence electrons. The molecule has 0 aromatic rings. The Labute approximate surface area is 75.8 Å². The first-order valence-electron chi connectivity index (χ1n) is 3.71. The van der Waals surface area contributed by atoms with Crippen LogP contribution in [0.5, 0.6) is 0 Å². The van der Waals surface area contributed by atoms with Gasteiger partial charge >= 0.3 is 0 Å². The number of rotatable bonds is 2. The zero-order valence-electron chi connectivity index (χ0n) is 7.44. The Morgan fingerprint density at radius 1 is 1.00 bits per heavy atom. The highest BCUT2D eigenvalue weighted by atomic mass is 16.7. The van der Waals surface area contributed by atoms with Gasteiger partial charge < -0.3 is 9.47 Å². The third-order valence-corrected chi connectivity index (χ3v) is 1.83. The van der Waals surface area contributed by atoms with E-state index in [1.54, 1.807) is 0 Å². The highest BCUT2D eigenvalue weighted by molar-refractivity contribution is 6.18. The largest absolute Gasteiger partial charge is 0.341 e. The Morgan fingerprint density at radius 3 is 1.69 bits per heavy atom. The molecular formula is C9H10O4. The van der Waals surface area contributed by atoms with Gasteiger partial charge in [-0.3, -0.25) is 9.59 Å². The lowest BCUT2D eigenvalue weighted by molar-refractivity contribution is -0.200. The van der Waals surface area contributed by atoms with Crippen molar-refractivity contribution in [2.24, 2.45) is 0 Å². The molecule has 0 radical (unpaired) electrons. The Kier molecular flexibility index (Phi) is 2.75. The van der Waals surface area contributed by atoms with E-state index in [4.69, 9.17) is 9.47 Å². The van der Waals surface area contributed by atoms with Crippen LogP contribution in [-0.2, 0) is 19.1 Å². The Bertz CT molecular complexity index is 258. The lowest BCUT2D eigenvalue weighted by atomic mass is 10.1. The van der Waals surface area contributed by atoms with Gasteiger partial charge in [-0.25, -0.2) is 0 Å². The van der Waals surface area contributed by atoms with Crippen LogP contribution in [-0.4, -0.2) is 31.6 Å². The van der Waals surface area contributed by atoms with Crippen LogP contribution in [0, 0.1) is 0 Å². The van der Waals surface area contributed by atoms with Crippen molar-refractivity contribution in [1.82, 2.24) is 0 Å². The summed E-state index contributed by atoms with van der Waals surface area (Å²) in [7, 11) is 2.51. The van der Waals surface area contributed by atoms with Crippen molar-refractivity contribution in [2.45, 2.75) is 5.79 Å². The van der Waals surface area contributed by atoms with Gasteiger partial charge in [-0.1, -0.05) is 12.2 Å². The van der Waals surface area contributed by atoms with E-state index in [1.165, 1.54) is 38.5 Å². The van der Waals surface area contributed by atoms with E-state index in [0.29, 0.717) is 0 Å². The summed E-state index contributed by atoms with van der Waals surface area (Å²) in [5, 5.41) is 0. The van der Waals surface area contributed by atoms with Crippen LogP contribution in [0.25, 0.3) is 0 Å². The summed E-state index contributed by atoms with van der Waals surface area (Å²) in [6.07, 6.45) is 5.43. The molecule has 1 aliphatic rings. The van der Waals surface area contributed by atoms with Crippen molar-refractivity contribution in [2.75, 3.05) is 14.2 Å². The second kappa shape index (κ2) is 3.64. The van der Waals surface area contributed by atoms with E-state index in [-0.39, 0.29) is 0 Å². The fourth-order valence-corrected chi connectivity index (χ4v) is 1.11. The van der Waals surface area contributed by atoms with Crippen molar-refractivity contribution in [3.8, 4) is 0 Å². The molecular weight excluding hydrogens is 172 g/mol. The number of methoxy groups -OCH3 is 2. The Morgan fingerprint density at radius 2 is 1.38 bits per heavy atom. The van der Waals surface area contributed by atoms with Gasteiger partial charge in [0.25, 0.3) is 5.79 Å². The third kappa shape index (κ3) is 1.46. The van der Waals surface area contributed by atoms with Crippen LogP contribution in [0.4, 0.5) is 0 Å². The zero-order valence-corrected chi connectivity index (χ0v) is 7.44. The van der Waals surface area contributed by atoms with Crippen LogP contribution < -0.4 is 0 Å². The van der Waals surface area contributed by atoms with Gasteiger partial charge in [0.15, 0.2) is 0 Å². The van der Waals surface area contributed by atoms with E-state index in [0.717, 1.165) is 0 Å². The van der Waals surface area contributed by atoms with E-state index in [9.17, 15) is 9.59 Å². The van der Waals surface area contributed by atoms with Gasteiger partial charge in [-0.15, -0.1) is 0 Å². The molecule has 0 N–H and O–H groups in total. The minimum atomic E-state index is -1.79. The second-order valence-corrected chi connectivity index (χ2v) is 2.47. The average molecular weight is 182 g/mol. The molecule has 4 heteroatoms. The standard InChI is InChI=1S/C9H10O4/c1-12-9(13-2)7(10)5-3-4-6-8(9)11/h3-6H,1-2H3. The molecule has 0 amide bonds. The molecule has 0 unspecified atom stereocenters. The molecule has 0 bridgehead atoms. The molecule has 0 fully saturated rings. The Hall–Kier alpha value is -1.26. The summed E-state index contributed by atoms with van der Waals surface area (Å²) in [5.41, 5.74) is 0. The molecule has 0 atom stereocenters. The summed E-state index contributed by atoms with van der Waals surface area (Å²) < 4.78 is 9.62. The number of hydrogen-bond acceptors (Lipinski definition) is 4. The molecule has 13 heavy (non-hydrogen) atoms. The number of hydrogen-bond donors (Lipinski definition) is 0. The quantitative estimate of drug-likeness (QED) is 0.453. The normalized spacial score (nSPS) is 20.5. The van der Waals surface area contributed by atoms with Crippen LogP contribution in [0.3, 0.4) is 0 Å². The van der Waals surface area contributed by atoms with Crippen LogP contribution in [0.2, 0.25) is 0 Å². The van der Waals surface area contributed by atoms with Crippen LogP contribution >= 0.6 is 0 Å². The minimum Gasteiger partial charge on any atom is -0.341 e. The summed E-state index contributed by atoms with van der Waals surface area (Å²) in [6.45, 7) is 0. The molecule has 0 heterocycles. The molecule has 0 saturated heterocycles. The molecule has 0 saturated carbocycles. The average Bonchev–Trinajstić information content (AvgIpc) is 2.27. The maximum absolute atomic E-state index is 11.4. The zero-order chi connectivity index (χ0) is 9.90. The number of ether oxygens (including phenoxy) is 2. The molecule has 1 rings (SSSR count). The molecule has 0 aromatic carbocycles. The summed E-state index contributed by atoms with van der Waals surface area (Å²) >= 11 is 0. The van der Waals surface area contributed by atoms with Gasteiger partial charge in [0.2, 0.25) is 11.6 Å². The number of carbonyl (C=O) groups excluding carboxylic acids is 2. The lowest BCUT2D eigenvalue weighted by Crippen LogP contribution is -2.48. The number of ketones is 2. The number of allylic oxidation sites excluding steroid dienone is 2. The highest BCUT2D eigenvalue weighted by Gasteiger charge is 2.44. The van der Waals surface area contributed by atoms with Gasteiger partial charge in [-0.05, 0) is 12.2 Å². The van der Waals surface area contributed by atoms with E-state index in [2.05, 4.69) is 0 Å². The first-order chi connectivity index (χ1) is 6.17. The highest BCUT2D eigenvalue weighted by Crippen LogP contribution is 2.18. The monoisotopic (exact) mass is 182 g/mol. The van der Waals surface area contributed by atoms with Gasteiger partial charge in [0.05, 0.1) is 0 Å². The fourth-order valence-electron chi connectivity index (χ4n) is 1.11. The molecule has 0 aromatic heterocycles. The van der Waals surface area contributed by atoms with Crippen molar-refractivity contribution < 1.29 is 19.1 Å². The minimum absolute atomic E-state index is 0.507. The van der Waals surface area contributed by atoms with Crippen molar-refractivity contribution in [1.29, 1.82) is 0 Å². The smallest absolute Gasteiger partial charge is 0.298 e. The van der Waals surface area contributed by atoms with Crippen molar-refractivity contribution >= 4 is 11.6 Å². The second-order valence-electron chi connectivity index (χ2n) is 2.47. The van der Waals surface area contributed by atoms with Crippen molar-refractivity contribution in [3.05, 3.63) is 24.3 Å².